The second-order valence-electron chi connectivity index (χ2n) is 10.7. The zero-order valence-electron chi connectivity index (χ0n) is 21.0. The highest BCUT2D eigenvalue weighted by Crippen LogP contribution is 2.56. The standard InChI is InChI=1S/C29H26Cl3F2N3O/c1-28(2,3)14-17-15-37(27(38)36-20-10-7-18(30)8-11-20)26(21-5-4-6-23(32)25(21)34)29(17,16-35)22-12-9-19(31)13-24(22)33/h4-13,17,26H,14-15H2,1-3H3,(H,36,38)/t17-,26-,29-/m1/s1. The van der Waals surface area contributed by atoms with Crippen molar-refractivity contribution < 1.29 is 13.6 Å². The normalized spacial score (nSPS) is 21.3. The van der Waals surface area contributed by atoms with E-state index in [0.717, 1.165) is 6.07 Å². The fourth-order valence-corrected chi connectivity index (χ4v) is 5.87. The third kappa shape index (κ3) is 5.33. The number of carbonyl (C=O) groups is 1. The van der Waals surface area contributed by atoms with Gasteiger partial charge in [-0.3, -0.25) is 0 Å². The Hall–Kier alpha value is -2.85. The topological polar surface area (TPSA) is 56.1 Å². The first-order valence-corrected chi connectivity index (χ1v) is 13.1. The Kier molecular flexibility index (Phi) is 7.95. The van der Waals surface area contributed by atoms with Crippen LogP contribution in [0.4, 0.5) is 19.3 Å². The summed E-state index contributed by atoms with van der Waals surface area (Å²) in [5.74, 6) is -2.03. The van der Waals surface area contributed by atoms with Gasteiger partial charge in [-0.25, -0.2) is 13.6 Å². The Bertz CT molecular complexity index is 1400. The van der Waals surface area contributed by atoms with Gasteiger partial charge in [0.15, 0.2) is 0 Å². The van der Waals surface area contributed by atoms with Crippen LogP contribution in [-0.2, 0) is 5.41 Å². The van der Waals surface area contributed by atoms with Crippen LogP contribution in [0.25, 0.3) is 0 Å². The van der Waals surface area contributed by atoms with Crippen LogP contribution in [0.3, 0.4) is 0 Å². The molecule has 0 spiro atoms. The lowest BCUT2D eigenvalue weighted by Gasteiger charge is -2.38. The van der Waals surface area contributed by atoms with E-state index in [4.69, 9.17) is 34.8 Å². The van der Waals surface area contributed by atoms with Crippen molar-refractivity contribution in [3.05, 3.63) is 98.5 Å². The number of halogens is 5. The molecule has 3 atom stereocenters. The van der Waals surface area contributed by atoms with Gasteiger partial charge < -0.3 is 10.2 Å². The second-order valence-corrected chi connectivity index (χ2v) is 12.0. The molecule has 1 aliphatic rings. The van der Waals surface area contributed by atoms with Gasteiger partial charge in [0.25, 0.3) is 0 Å². The van der Waals surface area contributed by atoms with E-state index in [0.29, 0.717) is 17.1 Å². The van der Waals surface area contributed by atoms with Crippen molar-refractivity contribution in [2.24, 2.45) is 11.3 Å². The number of hydrogen-bond donors (Lipinski definition) is 1. The summed E-state index contributed by atoms with van der Waals surface area (Å²) in [7, 11) is 0. The molecule has 1 heterocycles. The molecule has 0 aromatic heterocycles. The van der Waals surface area contributed by atoms with Crippen LogP contribution < -0.4 is 5.32 Å². The fraction of sp³-hybridized carbons (Fsp3) is 0.310. The first-order valence-electron chi connectivity index (χ1n) is 12.0. The van der Waals surface area contributed by atoms with Gasteiger partial charge in [0, 0.05) is 39.3 Å². The number of urea groups is 1. The van der Waals surface area contributed by atoms with Crippen molar-refractivity contribution >= 4 is 46.5 Å². The number of anilines is 1. The van der Waals surface area contributed by atoms with Crippen LogP contribution in [0.5, 0.6) is 0 Å². The number of nitrogens with one attached hydrogen (secondary N) is 1. The van der Waals surface area contributed by atoms with Gasteiger partial charge in [-0.1, -0.05) is 73.8 Å². The Balaban J connectivity index is 1.96. The average molecular weight is 577 g/mol. The van der Waals surface area contributed by atoms with Crippen molar-refractivity contribution in [1.82, 2.24) is 4.90 Å². The number of nitrogens with zero attached hydrogens (tertiary/aromatic N) is 2. The molecule has 1 fully saturated rings. The Morgan fingerprint density at radius 3 is 2.34 bits per heavy atom. The maximum Gasteiger partial charge on any atom is 0.322 e. The van der Waals surface area contributed by atoms with E-state index in [1.165, 1.54) is 29.2 Å². The second kappa shape index (κ2) is 10.7. The van der Waals surface area contributed by atoms with E-state index < -0.39 is 35.0 Å². The molecular weight excluding hydrogens is 551 g/mol. The minimum absolute atomic E-state index is 0.0241. The lowest BCUT2D eigenvalue weighted by atomic mass is 9.63. The van der Waals surface area contributed by atoms with Crippen molar-refractivity contribution in [3.8, 4) is 6.07 Å². The smallest absolute Gasteiger partial charge is 0.315 e. The van der Waals surface area contributed by atoms with E-state index >= 15 is 8.78 Å². The monoisotopic (exact) mass is 575 g/mol. The molecule has 9 heteroatoms. The molecule has 1 aliphatic heterocycles. The molecule has 2 amide bonds. The molecule has 0 aliphatic carbocycles. The average Bonchev–Trinajstić information content (AvgIpc) is 3.15. The predicted octanol–water partition coefficient (Wildman–Crippen LogP) is 9.03. The summed E-state index contributed by atoms with van der Waals surface area (Å²) in [6.45, 7) is 6.07. The van der Waals surface area contributed by atoms with Crippen molar-refractivity contribution in [1.29, 1.82) is 5.26 Å². The van der Waals surface area contributed by atoms with Gasteiger partial charge in [0.05, 0.1) is 17.1 Å². The Morgan fingerprint density at radius 1 is 1.08 bits per heavy atom. The zero-order valence-corrected chi connectivity index (χ0v) is 23.3. The van der Waals surface area contributed by atoms with E-state index in [1.807, 2.05) is 20.8 Å². The highest BCUT2D eigenvalue weighted by molar-refractivity contribution is 6.31. The number of nitriles is 1. The summed E-state index contributed by atoms with van der Waals surface area (Å²) < 4.78 is 31.3. The molecule has 1 saturated heterocycles. The maximum atomic E-state index is 15.7. The lowest BCUT2D eigenvalue weighted by molar-refractivity contribution is 0.198. The van der Waals surface area contributed by atoms with E-state index in [1.54, 1.807) is 30.3 Å². The summed E-state index contributed by atoms with van der Waals surface area (Å²) >= 11 is 18.2. The molecule has 4 rings (SSSR count). The van der Waals surface area contributed by atoms with Crippen LogP contribution in [0, 0.1) is 34.3 Å². The number of carbonyl (C=O) groups excluding carboxylic acids is 1. The highest BCUT2D eigenvalue weighted by atomic mass is 35.5. The molecule has 0 radical (unpaired) electrons. The van der Waals surface area contributed by atoms with Crippen LogP contribution in [0.1, 0.15) is 44.4 Å². The third-order valence-corrected chi connectivity index (χ3v) is 7.64. The molecule has 0 saturated carbocycles. The number of benzene rings is 3. The molecular formula is C29H26Cl3F2N3O. The third-order valence-electron chi connectivity index (χ3n) is 6.86. The van der Waals surface area contributed by atoms with E-state index in [-0.39, 0.29) is 33.1 Å². The van der Waals surface area contributed by atoms with Crippen LogP contribution >= 0.6 is 34.8 Å². The molecule has 0 unspecified atom stereocenters. The zero-order chi connectivity index (χ0) is 27.8. The quantitative estimate of drug-likeness (QED) is 0.337. The number of likely N-dealkylation sites (tertiary alicyclic amines) is 1. The number of rotatable bonds is 4. The molecule has 3 aromatic rings. The molecule has 198 valence electrons. The van der Waals surface area contributed by atoms with Gasteiger partial charge in [0.2, 0.25) is 0 Å². The van der Waals surface area contributed by atoms with Gasteiger partial charge in [-0.2, -0.15) is 5.26 Å². The van der Waals surface area contributed by atoms with Crippen LogP contribution in [0.15, 0.2) is 60.7 Å². The number of amides is 2. The van der Waals surface area contributed by atoms with E-state index in [2.05, 4.69) is 11.4 Å². The van der Waals surface area contributed by atoms with Crippen molar-refractivity contribution in [2.45, 2.75) is 38.6 Å². The maximum absolute atomic E-state index is 15.7. The predicted molar refractivity (Wildman–Crippen MR) is 148 cm³/mol. The largest absolute Gasteiger partial charge is 0.322 e. The van der Waals surface area contributed by atoms with Crippen molar-refractivity contribution in [3.63, 3.8) is 0 Å². The van der Waals surface area contributed by atoms with Gasteiger partial charge in [-0.05, 0) is 54.3 Å². The first kappa shape index (κ1) is 28.2. The fourth-order valence-electron chi connectivity index (χ4n) is 5.40. The summed E-state index contributed by atoms with van der Waals surface area (Å²) in [5, 5.41) is 14.2. The van der Waals surface area contributed by atoms with E-state index in [9.17, 15) is 10.1 Å². The van der Waals surface area contributed by atoms with Crippen molar-refractivity contribution in [2.75, 3.05) is 11.9 Å². The SMILES string of the molecule is CC(C)(C)C[C@@H]1CN(C(=O)Nc2ccc(Cl)cc2)[C@H](c2cccc(Cl)c2F)[C@@]1(C#N)c1ccc(Cl)cc1F. The summed E-state index contributed by atoms with van der Waals surface area (Å²) in [6.07, 6.45) is 0.450. The molecule has 38 heavy (non-hydrogen) atoms. The van der Waals surface area contributed by atoms with Crippen LogP contribution in [0.2, 0.25) is 15.1 Å². The summed E-state index contributed by atoms with van der Waals surface area (Å²) in [4.78, 5) is 15.2. The summed E-state index contributed by atoms with van der Waals surface area (Å²) in [5.41, 5.74) is -1.41. The number of hydrogen-bond acceptors (Lipinski definition) is 2. The van der Waals surface area contributed by atoms with Crippen LogP contribution in [-0.4, -0.2) is 17.5 Å². The highest BCUT2D eigenvalue weighted by Gasteiger charge is 2.60. The molecule has 0 bridgehead atoms. The van der Waals surface area contributed by atoms with Gasteiger partial charge >= 0.3 is 6.03 Å². The molecule has 3 aromatic carbocycles. The minimum Gasteiger partial charge on any atom is -0.315 e. The van der Waals surface area contributed by atoms with Gasteiger partial charge in [-0.15, -0.1) is 0 Å². The lowest BCUT2D eigenvalue weighted by Crippen LogP contribution is -2.42. The summed E-state index contributed by atoms with van der Waals surface area (Å²) in [6, 6.07) is 15.6. The molecule has 4 nitrogen and oxygen atoms in total. The first-order chi connectivity index (χ1) is 17.9. The Morgan fingerprint density at radius 2 is 1.74 bits per heavy atom. The minimum atomic E-state index is -1.65. The molecule has 1 N–H and O–H groups in total. The Labute approximate surface area is 236 Å². The van der Waals surface area contributed by atoms with Gasteiger partial charge in [0.1, 0.15) is 17.0 Å².